The molecule has 0 unspecified atom stereocenters. The van der Waals surface area contributed by atoms with Gasteiger partial charge in [-0.3, -0.25) is 4.90 Å². The summed E-state index contributed by atoms with van der Waals surface area (Å²) in [5.41, 5.74) is 2.05. The van der Waals surface area contributed by atoms with Crippen LogP contribution < -0.4 is 4.74 Å². The first-order valence-electron chi connectivity index (χ1n) is 7.15. The van der Waals surface area contributed by atoms with Gasteiger partial charge in [0.05, 0.1) is 31.2 Å². The second-order valence-corrected chi connectivity index (χ2v) is 7.01. The van der Waals surface area contributed by atoms with Crippen molar-refractivity contribution >= 4 is 27.3 Å². The third-order valence-electron chi connectivity index (χ3n) is 3.38. The highest BCUT2D eigenvalue weighted by molar-refractivity contribution is 9.10. The van der Waals surface area contributed by atoms with Gasteiger partial charge in [0.2, 0.25) is 0 Å². The van der Waals surface area contributed by atoms with E-state index in [2.05, 4.69) is 33.3 Å². The summed E-state index contributed by atoms with van der Waals surface area (Å²) in [6, 6.07) is 9.84. The molecule has 3 aromatic rings. The van der Waals surface area contributed by atoms with Crippen molar-refractivity contribution in [3.63, 3.8) is 0 Å². The van der Waals surface area contributed by atoms with Crippen molar-refractivity contribution in [1.29, 1.82) is 0 Å². The van der Waals surface area contributed by atoms with Gasteiger partial charge in [0, 0.05) is 16.4 Å². The molecule has 120 valence electrons. The molecule has 3 rings (SSSR count). The molecule has 0 amide bonds. The summed E-state index contributed by atoms with van der Waals surface area (Å²) in [5.74, 6) is 1.79. The molecule has 6 heteroatoms. The fourth-order valence-electron chi connectivity index (χ4n) is 2.35. The average molecular weight is 393 g/mol. The van der Waals surface area contributed by atoms with Crippen molar-refractivity contribution in [3.05, 3.63) is 57.9 Å². The number of rotatable bonds is 6. The maximum Gasteiger partial charge on any atom is 0.129 e. The van der Waals surface area contributed by atoms with Gasteiger partial charge in [-0.2, -0.15) is 0 Å². The molecule has 0 bridgehead atoms. The molecular weight excluding hydrogens is 376 g/mol. The van der Waals surface area contributed by atoms with Crippen LogP contribution in [0.15, 0.2) is 50.9 Å². The quantitative estimate of drug-likeness (QED) is 0.603. The summed E-state index contributed by atoms with van der Waals surface area (Å²) in [4.78, 5) is 6.92. The Balaban J connectivity index is 1.74. The van der Waals surface area contributed by atoms with Crippen LogP contribution in [0, 0.1) is 0 Å². The van der Waals surface area contributed by atoms with Crippen LogP contribution in [-0.2, 0) is 13.1 Å². The van der Waals surface area contributed by atoms with Crippen LogP contribution in [0.4, 0.5) is 0 Å². The number of aromatic nitrogens is 1. The monoisotopic (exact) mass is 392 g/mol. The molecule has 0 aliphatic heterocycles. The van der Waals surface area contributed by atoms with E-state index in [0.717, 1.165) is 45.3 Å². The van der Waals surface area contributed by atoms with Gasteiger partial charge in [0.25, 0.3) is 0 Å². The molecule has 0 aliphatic carbocycles. The molecule has 2 heterocycles. The third-order valence-corrected chi connectivity index (χ3v) is 4.80. The highest BCUT2D eigenvalue weighted by atomic mass is 79.9. The number of thiazole rings is 1. The van der Waals surface area contributed by atoms with E-state index in [1.807, 2.05) is 30.3 Å². The second kappa shape index (κ2) is 7.29. The van der Waals surface area contributed by atoms with Crippen LogP contribution in [0.25, 0.3) is 10.6 Å². The SMILES string of the molecule is COc1ccc(Br)cc1-c1nc(CN(C)Cc2ccco2)cs1. The van der Waals surface area contributed by atoms with Crippen LogP contribution in [0.5, 0.6) is 5.75 Å². The lowest BCUT2D eigenvalue weighted by Crippen LogP contribution is -2.17. The summed E-state index contributed by atoms with van der Waals surface area (Å²) in [7, 11) is 3.74. The highest BCUT2D eigenvalue weighted by Crippen LogP contribution is 2.34. The molecule has 2 aromatic heterocycles. The maximum atomic E-state index is 5.44. The van der Waals surface area contributed by atoms with Gasteiger partial charge in [-0.05, 0) is 37.4 Å². The minimum absolute atomic E-state index is 0.764. The molecule has 0 N–H and O–H groups in total. The van der Waals surface area contributed by atoms with E-state index in [0.29, 0.717) is 0 Å². The van der Waals surface area contributed by atoms with Crippen molar-refractivity contribution in [2.75, 3.05) is 14.2 Å². The number of methoxy groups -OCH3 is 1. The number of benzene rings is 1. The number of nitrogens with zero attached hydrogens (tertiary/aromatic N) is 2. The van der Waals surface area contributed by atoms with E-state index in [9.17, 15) is 0 Å². The topological polar surface area (TPSA) is 38.5 Å². The lowest BCUT2D eigenvalue weighted by Gasteiger charge is -2.13. The van der Waals surface area contributed by atoms with E-state index in [1.165, 1.54) is 0 Å². The van der Waals surface area contributed by atoms with E-state index < -0.39 is 0 Å². The number of furan rings is 1. The van der Waals surface area contributed by atoms with Gasteiger partial charge in [0.1, 0.15) is 16.5 Å². The van der Waals surface area contributed by atoms with Crippen LogP contribution in [0.2, 0.25) is 0 Å². The Morgan fingerprint density at radius 3 is 2.91 bits per heavy atom. The zero-order valence-corrected chi connectivity index (χ0v) is 15.4. The van der Waals surface area contributed by atoms with Crippen molar-refractivity contribution < 1.29 is 9.15 Å². The van der Waals surface area contributed by atoms with Gasteiger partial charge in [0.15, 0.2) is 0 Å². The van der Waals surface area contributed by atoms with Gasteiger partial charge >= 0.3 is 0 Å². The number of halogens is 1. The van der Waals surface area contributed by atoms with Crippen LogP contribution in [0.1, 0.15) is 11.5 Å². The van der Waals surface area contributed by atoms with E-state index in [1.54, 1.807) is 24.7 Å². The van der Waals surface area contributed by atoms with Gasteiger partial charge < -0.3 is 9.15 Å². The van der Waals surface area contributed by atoms with Crippen molar-refractivity contribution in [1.82, 2.24) is 9.88 Å². The fraction of sp³-hybridized carbons (Fsp3) is 0.235. The zero-order chi connectivity index (χ0) is 16.2. The van der Waals surface area contributed by atoms with Crippen LogP contribution in [-0.4, -0.2) is 24.0 Å². The van der Waals surface area contributed by atoms with Gasteiger partial charge in [-0.1, -0.05) is 15.9 Å². The zero-order valence-electron chi connectivity index (χ0n) is 13.0. The molecule has 4 nitrogen and oxygen atoms in total. The van der Waals surface area contributed by atoms with E-state index in [4.69, 9.17) is 14.1 Å². The fourth-order valence-corrected chi connectivity index (χ4v) is 3.54. The summed E-state index contributed by atoms with van der Waals surface area (Å²) >= 11 is 5.13. The summed E-state index contributed by atoms with van der Waals surface area (Å²) in [5, 5.41) is 3.05. The molecule has 0 aliphatic rings. The number of hydrogen-bond acceptors (Lipinski definition) is 5. The minimum atomic E-state index is 0.764. The Bertz CT molecular complexity index is 771. The van der Waals surface area contributed by atoms with Crippen molar-refractivity contribution in [3.8, 4) is 16.3 Å². The Morgan fingerprint density at radius 1 is 1.30 bits per heavy atom. The largest absolute Gasteiger partial charge is 0.496 e. The summed E-state index contributed by atoms with van der Waals surface area (Å²) in [6.07, 6.45) is 1.70. The molecule has 0 atom stereocenters. The van der Waals surface area contributed by atoms with Crippen LogP contribution >= 0.6 is 27.3 Å². The predicted octanol–water partition coefficient (Wildman–Crippen LogP) is 4.81. The van der Waals surface area contributed by atoms with Crippen LogP contribution in [0.3, 0.4) is 0 Å². The standard InChI is InChI=1S/C17H17BrN2O2S/c1-20(10-14-4-3-7-22-14)9-13-11-23-17(19-13)15-8-12(18)5-6-16(15)21-2/h3-8,11H,9-10H2,1-2H3. The smallest absolute Gasteiger partial charge is 0.129 e. The molecule has 0 radical (unpaired) electrons. The summed E-state index contributed by atoms with van der Waals surface area (Å²) < 4.78 is 11.8. The Kier molecular flexibility index (Phi) is 5.15. The second-order valence-electron chi connectivity index (χ2n) is 5.24. The van der Waals surface area contributed by atoms with E-state index >= 15 is 0 Å². The first-order chi connectivity index (χ1) is 11.2. The van der Waals surface area contributed by atoms with Crippen molar-refractivity contribution in [2.24, 2.45) is 0 Å². The molecule has 23 heavy (non-hydrogen) atoms. The molecule has 1 aromatic carbocycles. The number of ether oxygens (including phenoxy) is 1. The minimum Gasteiger partial charge on any atom is -0.496 e. The lowest BCUT2D eigenvalue weighted by atomic mass is 10.2. The third kappa shape index (κ3) is 4.02. The highest BCUT2D eigenvalue weighted by Gasteiger charge is 2.12. The maximum absolute atomic E-state index is 5.44. The van der Waals surface area contributed by atoms with Crippen molar-refractivity contribution in [2.45, 2.75) is 13.1 Å². The lowest BCUT2D eigenvalue weighted by molar-refractivity contribution is 0.285. The predicted molar refractivity (Wildman–Crippen MR) is 95.7 cm³/mol. The van der Waals surface area contributed by atoms with Gasteiger partial charge in [-0.25, -0.2) is 4.98 Å². The molecule has 0 fully saturated rings. The normalized spacial score (nSPS) is 11.1. The molecular formula is C17H17BrN2O2S. The summed E-state index contributed by atoms with van der Waals surface area (Å²) in [6.45, 7) is 1.54. The Hall–Kier alpha value is -1.63. The number of hydrogen-bond donors (Lipinski definition) is 0. The first-order valence-corrected chi connectivity index (χ1v) is 8.82. The molecule has 0 spiro atoms. The van der Waals surface area contributed by atoms with Gasteiger partial charge in [-0.15, -0.1) is 11.3 Å². The molecule has 0 saturated carbocycles. The Labute approximate surface area is 147 Å². The first kappa shape index (κ1) is 16.2. The Morgan fingerprint density at radius 2 is 2.17 bits per heavy atom. The molecule has 0 saturated heterocycles. The van der Waals surface area contributed by atoms with E-state index in [-0.39, 0.29) is 0 Å². The average Bonchev–Trinajstić information content (AvgIpc) is 3.19.